The van der Waals surface area contributed by atoms with Crippen molar-refractivity contribution in [1.82, 2.24) is 9.78 Å². The molecule has 0 saturated carbocycles. The van der Waals surface area contributed by atoms with Gasteiger partial charge in [-0.1, -0.05) is 25.1 Å². The van der Waals surface area contributed by atoms with Crippen LogP contribution in [0.15, 0.2) is 34.8 Å². The highest BCUT2D eigenvalue weighted by Gasteiger charge is 2.18. The summed E-state index contributed by atoms with van der Waals surface area (Å²) in [4.78, 5) is 1.00. The molecule has 0 radical (unpaired) electrons. The Morgan fingerprint density at radius 1 is 1.38 bits per heavy atom. The summed E-state index contributed by atoms with van der Waals surface area (Å²) in [7, 11) is 1.93. The molecule has 0 aliphatic rings. The van der Waals surface area contributed by atoms with Gasteiger partial charge in [0.05, 0.1) is 22.0 Å². The van der Waals surface area contributed by atoms with Crippen LogP contribution < -0.4 is 0 Å². The minimum Gasteiger partial charge on any atom is -0.387 e. The second kappa shape index (κ2) is 5.91. The van der Waals surface area contributed by atoms with Crippen molar-refractivity contribution >= 4 is 37.4 Å². The third-order valence-electron chi connectivity index (χ3n) is 3.66. The number of rotatable bonds is 4. The lowest BCUT2D eigenvalue weighted by atomic mass is 10.1. The molecule has 1 atom stereocenters. The smallest absolute Gasteiger partial charge is 0.0937 e. The summed E-state index contributed by atoms with van der Waals surface area (Å²) in [6, 6.07) is 10.3. The van der Waals surface area contributed by atoms with E-state index < -0.39 is 6.10 Å². The average molecular weight is 365 g/mol. The van der Waals surface area contributed by atoms with Crippen molar-refractivity contribution in [3.8, 4) is 0 Å². The molecule has 5 heteroatoms. The van der Waals surface area contributed by atoms with E-state index in [0.717, 1.165) is 27.2 Å². The van der Waals surface area contributed by atoms with E-state index in [9.17, 15) is 5.11 Å². The topological polar surface area (TPSA) is 38.0 Å². The lowest BCUT2D eigenvalue weighted by Gasteiger charge is -2.09. The number of benzene rings is 1. The molecule has 3 aromatic rings. The molecule has 0 fully saturated rings. The molecule has 0 spiro atoms. The predicted octanol–water partition coefficient (Wildman–Crippen LogP) is 4.24. The number of hydrogen-bond acceptors (Lipinski definition) is 3. The molecular weight excluding hydrogens is 348 g/mol. The van der Waals surface area contributed by atoms with Crippen LogP contribution in [0.3, 0.4) is 0 Å². The Balaban J connectivity index is 1.89. The fourth-order valence-corrected chi connectivity index (χ4v) is 4.32. The number of aryl methyl sites for hydroxylation is 2. The predicted molar refractivity (Wildman–Crippen MR) is 90.8 cm³/mol. The molecular formula is C16H17BrN2OS. The molecule has 2 aromatic heterocycles. The zero-order valence-corrected chi connectivity index (χ0v) is 14.4. The maximum absolute atomic E-state index is 10.6. The standard InChI is InChI=1S/C16H17BrN2OS/c1-3-11-16(17)12(19(2)18-11)9-13(20)15-8-10-6-4-5-7-14(10)21-15/h4-8,13,20H,3,9H2,1-2H3. The first kappa shape index (κ1) is 14.8. The van der Waals surface area contributed by atoms with E-state index in [4.69, 9.17) is 0 Å². The Hall–Kier alpha value is -1.17. The van der Waals surface area contributed by atoms with Crippen molar-refractivity contribution in [3.63, 3.8) is 0 Å². The number of aliphatic hydroxyl groups excluding tert-OH is 1. The summed E-state index contributed by atoms with van der Waals surface area (Å²) >= 11 is 5.26. The molecule has 2 heterocycles. The number of aliphatic hydroxyl groups is 1. The van der Waals surface area contributed by atoms with Crippen molar-refractivity contribution in [2.45, 2.75) is 25.9 Å². The number of fused-ring (bicyclic) bond motifs is 1. The first-order valence-electron chi connectivity index (χ1n) is 6.97. The monoisotopic (exact) mass is 364 g/mol. The summed E-state index contributed by atoms with van der Waals surface area (Å²) in [5.41, 5.74) is 2.08. The maximum atomic E-state index is 10.6. The normalized spacial score (nSPS) is 13.0. The van der Waals surface area contributed by atoms with Gasteiger partial charge in [0.15, 0.2) is 0 Å². The molecule has 3 rings (SSSR count). The highest BCUT2D eigenvalue weighted by molar-refractivity contribution is 9.10. The van der Waals surface area contributed by atoms with Crippen LogP contribution in [0.25, 0.3) is 10.1 Å². The average Bonchev–Trinajstić information content (AvgIpc) is 3.03. The zero-order chi connectivity index (χ0) is 15.0. The fraction of sp³-hybridized carbons (Fsp3) is 0.312. The van der Waals surface area contributed by atoms with E-state index in [-0.39, 0.29) is 0 Å². The van der Waals surface area contributed by atoms with Gasteiger partial charge in [-0.2, -0.15) is 5.10 Å². The minimum atomic E-state index is -0.501. The number of hydrogen-bond donors (Lipinski definition) is 1. The Morgan fingerprint density at radius 2 is 2.14 bits per heavy atom. The third-order valence-corrected chi connectivity index (χ3v) is 5.80. The second-order valence-corrected chi connectivity index (χ2v) is 7.00. The van der Waals surface area contributed by atoms with Crippen LogP contribution >= 0.6 is 27.3 Å². The number of nitrogens with zero attached hydrogens (tertiary/aromatic N) is 2. The van der Waals surface area contributed by atoms with Crippen LogP contribution in [0.4, 0.5) is 0 Å². The molecule has 0 aliphatic carbocycles. The third kappa shape index (κ3) is 2.78. The van der Waals surface area contributed by atoms with Gasteiger partial charge in [-0.3, -0.25) is 4.68 Å². The quantitative estimate of drug-likeness (QED) is 0.751. The highest BCUT2D eigenvalue weighted by Crippen LogP contribution is 2.33. The summed E-state index contributed by atoms with van der Waals surface area (Å²) in [5.74, 6) is 0. The van der Waals surface area contributed by atoms with Crippen molar-refractivity contribution in [3.05, 3.63) is 51.1 Å². The van der Waals surface area contributed by atoms with Crippen molar-refractivity contribution in [2.24, 2.45) is 7.05 Å². The van der Waals surface area contributed by atoms with Gasteiger partial charge in [0, 0.05) is 23.0 Å². The van der Waals surface area contributed by atoms with Crippen molar-refractivity contribution in [1.29, 1.82) is 0 Å². The minimum absolute atomic E-state index is 0.501. The van der Waals surface area contributed by atoms with E-state index >= 15 is 0 Å². The number of thiophene rings is 1. The van der Waals surface area contributed by atoms with E-state index in [0.29, 0.717) is 6.42 Å². The Bertz CT molecular complexity index is 745. The number of halogens is 1. The molecule has 0 bridgehead atoms. The molecule has 21 heavy (non-hydrogen) atoms. The van der Waals surface area contributed by atoms with Crippen LogP contribution in [0.5, 0.6) is 0 Å². The molecule has 1 unspecified atom stereocenters. The molecule has 110 valence electrons. The van der Waals surface area contributed by atoms with Crippen LogP contribution in [0, 0.1) is 0 Å². The Kier molecular flexibility index (Phi) is 4.15. The fourth-order valence-electron chi connectivity index (χ4n) is 2.49. The van der Waals surface area contributed by atoms with Crippen molar-refractivity contribution in [2.75, 3.05) is 0 Å². The van der Waals surface area contributed by atoms with Gasteiger partial charge in [-0.15, -0.1) is 11.3 Å². The van der Waals surface area contributed by atoms with Gasteiger partial charge >= 0.3 is 0 Å². The summed E-state index contributed by atoms with van der Waals surface area (Å²) in [5, 5.41) is 16.2. The largest absolute Gasteiger partial charge is 0.387 e. The lowest BCUT2D eigenvalue weighted by Crippen LogP contribution is -2.05. The van der Waals surface area contributed by atoms with Crippen LogP contribution in [0.2, 0.25) is 0 Å². The van der Waals surface area contributed by atoms with Gasteiger partial charge in [0.25, 0.3) is 0 Å². The maximum Gasteiger partial charge on any atom is 0.0937 e. The number of aromatic nitrogens is 2. The molecule has 3 nitrogen and oxygen atoms in total. The van der Waals surface area contributed by atoms with Gasteiger partial charge in [-0.25, -0.2) is 0 Å². The summed E-state index contributed by atoms with van der Waals surface area (Å²) in [6.45, 7) is 2.08. The molecule has 0 aliphatic heterocycles. The van der Waals surface area contributed by atoms with Gasteiger partial charge in [0.2, 0.25) is 0 Å². The zero-order valence-electron chi connectivity index (χ0n) is 12.0. The Morgan fingerprint density at radius 3 is 2.81 bits per heavy atom. The Labute approximate surface area is 136 Å². The lowest BCUT2D eigenvalue weighted by molar-refractivity contribution is 0.179. The SMILES string of the molecule is CCc1nn(C)c(CC(O)c2cc3ccccc3s2)c1Br. The summed E-state index contributed by atoms with van der Waals surface area (Å²) in [6.07, 6.45) is 0.948. The molecule has 1 N–H and O–H groups in total. The second-order valence-electron chi connectivity index (χ2n) is 5.09. The van der Waals surface area contributed by atoms with Crippen LogP contribution in [-0.4, -0.2) is 14.9 Å². The molecule has 1 aromatic carbocycles. The van der Waals surface area contributed by atoms with Gasteiger partial charge < -0.3 is 5.11 Å². The van der Waals surface area contributed by atoms with Gasteiger partial charge in [-0.05, 0) is 39.9 Å². The van der Waals surface area contributed by atoms with Crippen LogP contribution in [-0.2, 0) is 19.9 Å². The van der Waals surface area contributed by atoms with Crippen LogP contribution in [0.1, 0.15) is 29.3 Å². The van der Waals surface area contributed by atoms with Crippen molar-refractivity contribution < 1.29 is 5.11 Å². The summed E-state index contributed by atoms with van der Waals surface area (Å²) < 4.78 is 4.09. The van der Waals surface area contributed by atoms with E-state index in [1.54, 1.807) is 11.3 Å². The van der Waals surface area contributed by atoms with E-state index in [2.05, 4.69) is 46.2 Å². The first-order chi connectivity index (χ1) is 10.1. The van der Waals surface area contributed by atoms with Gasteiger partial charge in [0.1, 0.15) is 0 Å². The molecule has 0 amide bonds. The first-order valence-corrected chi connectivity index (χ1v) is 8.58. The van der Waals surface area contributed by atoms with E-state index in [1.807, 2.05) is 23.9 Å². The van der Waals surface area contributed by atoms with E-state index in [1.165, 1.54) is 10.1 Å². The molecule has 0 saturated heterocycles. The highest BCUT2D eigenvalue weighted by atomic mass is 79.9.